The van der Waals surface area contributed by atoms with Gasteiger partial charge in [-0.25, -0.2) is 0 Å². The van der Waals surface area contributed by atoms with Gasteiger partial charge in [-0.05, 0) is 41.9 Å². The van der Waals surface area contributed by atoms with Crippen molar-refractivity contribution < 1.29 is 0 Å². The van der Waals surface area contributed by atoms with Crippen LogP contribution in [0.25, 0.3) is 0 Å². The largest absolute Gasteiger partial charge is 0.160 e. The van der Waals surface area contributed by atoms with E-state index < -0.39 is 0 Å². The van der Waals surface area contributed by atoms with Gasteiger partial charge in [0.1, 0.15) is 0 Å². The number of hydrogen-bond donors (Lipinski definition) is 0. The average Bonchev–Trinajstić information content (AvgIpc) is 2.58. The highest BCUT2D eigenvalue weighted by molar-refractivity contribution is 9.09. The summed E-state index contributed by atoms with van der Waals surface area (Å²) in [7, 11) is 0. The van der Waals surface area contributed by atoms with Crippen molar-refractivity contribution >= 4 is 50.9 Å². The van der Waals surface area contributed by atoms with Crippen molar-refractivity contribution in [1.82, 2.24) is 0 Å². The Morgan fingerprint density at radius 3 is 2.80 bits per heavy atom. The number of halogens is 3. The Bertz CT molecular complexity index is 356. The molecule has 2 rings (SSSR count). The highest BCUT2D eigenvalue weighted by Gasteiger charge is 2.26. The Hall–Kier alpha value is 0.630. The predicted octanol–water partition coefficient (Wildman–Crippen LogP) is 4.66. The fourth-order valence-corrected chi connectivity index (χ4v) is 4.60. The Labute approximate surface area is 113 Å². The first-order valence-electron chi connectivity index (χ1n) is 4.82. The molecule has 0 saturated carbocycles. The lowest BCUT2D eigenvalue weighted by Crippen LogP contribution is -2.14. The molecule has 0 bridgehead atoms. The summed E-state index contributed by atoms with van der Waals surface area (Å²) >= 11 is 17.8. The standard InChI is InChI=1S/C11H11BrCl2S/c12-10-6-15-5-8(10)3-7-4-9(13)1-2-11(7)14/h1-2,4,8,10H,3,5-6H2. The van der Waals surface area contributed by atoms with Crippen LogP contribution in [0, 0.1) is 5.92 Å². The molecule has 4 heteroatoms. The van der Waals surface area contributed by atoms with Crippen LogP contribution in [0.2, 0.25) is 10.0 Å². The molecule has 0 nitrogen and oxygen atoms in total. The molecule has 1 heterocycles. The van der Waals surface area contributed by atoms with Crippen LogP contribution < -0.4 is 0 Å². The molecule has 2 unspecified atom stereocenters. The Morgan fingerprint density at radius 1 is 1.33 bits per heavy atom. The Kier molecular flexibility index (Phi) is 4.28. The molecular formula is C11H11BrCl2S. The molecule has 1 saturated heterocycles. The van der Waals surface area contributed by atoms with Crippen molar-refractivity contribution in [3.05, 3.63) is 33.8 Å². The first-order chi connectivity index (χ1) is 7.16. The highest BCUT2D eigenvalue weighted by atomic mass is 79.9. The second kappa shape index (κ2) is 5.31. The number of rotatable bonds is 2. The molecule has 0 aliphatic carbocycles. The van der Waals surface area contributed by atoms with Gasteiger partial charge in [0.25, 0.3) is 0 Å². The van der Waals surface area contributed by atoms with E-state index in [1.54, 1.807) is 0 Å². The molecular weight excluding hydrogens is 315 g/mol. The van der Waals surface area contributed by atoms with Gasteiger partial charge in [0, 0.05) is 20.6 Å². The van der Waals surface area contributed by atoms with E-state index in [-0.39, 0.29) is 0 Å². The van der Waals surface area contributed by atoms with Crippen molar-refractivity contribution in [3.8, 4) is 0 Å². The minimum Gasteiger partial charge on any atom is -0.160 e. The Balaban J connectivity index is 2.12. The van der Waals surface area contributed by atoms with Crippen LogP contribution in [-0.2, 0) is 6.42 Å². The van der Waals surface area contributed by atoms with E-state index >= 15 is 0 Å². The molecule has 1 aliphatic heterocycles. The molecule has 1 fully saturated rings. The monoisotopic (exact) mass is 324 g/mol. The number of alkyl halides is 1. The van der Waals surface area contributed by atoms with Gasteiger partial charge < -0.3 is 0 Å². The summed E-state index contributed by atoms with van der Waals surface area (Å²) in [6.07, 6.45) is 1.02. The average molecular weight is 326 g/mol. The molecule has 0 radical (unpaired) electrons. The quantitative estimate of drug-likeness (QED) is 0.712. The topological polar surface area (TPSA) is 0 Å². The third kappa shape index (κ3) is 3.06. The molecule has 0 amide bonds. The van der Waals surface area contributed by atoms with Gasteiger partial charge in [-0.1, -0.05) is 39.1 Å². The molecule has 1 aromatic rings. The smallest absolute Gasteiger partial charge is 0.0439 e. The maximum atomic E-state index is 6.14. The lowest BCUT2D eigenvalue weighted by atomic mass is 9.99. The molecule has 0 aromatic heterocycles. The zero-order chi connectivity index (χ0) is 10.8. The summed E-state index contributed by atoms with van der Waals surface area (Å²) < 4.78 is 0. The normalized spacial score (nSPS) is 25.8. The minimum atomic E-state index is 0.609. The lowest BCUT2D eigenvalue weighted by molar-refractivity contribution is 0.616. The highest BCUT2D eigenvalue weighted by Crippen LogP contribution is 2.34. The van der Waals surface area contributed by atoms with E-state index in [1.807, 2.05) is 30.0 Å². The van der Waals surface area contributed by atoms with Gasteiger partial charge >= 0.3 is 0 Å². The molecule has 82 valence electrons. The fourth-order valence-electron chi connectivity index (χ4n) is 1.74. The zero-order valence-corrected chi connectivity index (χ0v) is 12.0. The van der Waals surface area contributed by atoms with Crippen LogP contribution in [0.4, 0.5) is 0 Å². The summed E-state index contributed by atoms with van der Waals surface area (Å²) in [5, 5.41) is 1.60. The van der Waals surface area contributed by atoms with Crippen LogP contribution in [0.5, 0.6) is 0 Å². The van der Waals surface area contributed by atoms with Crippen LogP contribution in [0.3, 0.4) is 0 Å². The molecule has 15 heavy (non-hydrogen) atoms. The van der Waals surface area contributed by atoms with E-state index in [9.17, 15) is 0 Å². The maximum Gasteiger partial charge on any atom is 0.0439 e. The maximum absolute atomic E-state index is 6.14. The summed E-state index contributed by atoms with van der Waals surface area (Å²) in [6.45, 7) is 0. The molecule has 0 N–H and O–H groups in total. The third-order valence-electron chi connectivity index (χ3n) is 2.61. The van der Waals surface area contributed by atoms with Crippen LogP contribution in [0.15, 0.2) is 18.2 Å². The lowest BCUT2D eigenvalue weighted by Gasteiger charge is -2.14. The van der Waals surface area contributed by atoms with Crippen molar-refractivity contribution in [2.75, 3.05) is 11.5 Å². The van der Waals surface area contributed by atoms with Gasteiger partial charge in [-0.3, -0.25) is 0 Å². The SMILES string of the molecule is Clc1ccc(Cl)c(CC2CSCC2Br)c1. The van der Waals surface area contributed by atoms with Crippen molar-refractivity contribution in [1.29, 1.82) is 0 Å². The molecule has 1 aliphatic rings. The third-order valence-corrected chi connectivity index (χ3v) is 5.97. The van der Waals surface area contributed by atoms with Gasteiger partial charge in [0.15, 0.2) is 0 Å². The van der Waals surface area contributed by atoms with Gasteiger partial charge in [0.2, 0.25) is 0 Å². The number of benzene rings is 1. The first kappa shape index (κ1) is 12.1. The summed E-state index contributed by atoms with van der Waals surface area (Å²) in [4.78, 5) is 0.609. The summed E-state index contributed by atoms with van der Waals surface area (Å²) in [6, 6.07) is 5.69. The second-order valence-corrected chi connectivity index (χ2v) is 6.85. The summed E-state index contributed by atoms with van der Waals surface area (Å²) in [5.41, 5.74) is 1.17. The van der Waals surface area contributed by atoms with Crippen molar-refractivity contribution in [3.63, 3.8) is 0 Å². The van der Waals surface area contributed by atoms with Crippen LogP contribution in [-0.4, -0.2) is 16.3 Å². The molecule has 1 aromatic carbocycles. The zero-order valence-electron chi connectivity index (χ0n) is 8.05. The second-order valence-electron chi connectivity index (χ2n) is 3.75. The van der Waals surface area contributed by atoms with E-state index in [0.29, 0.717) is 10.7 Å². The summed E-state index contributed by atoms with van der Waals surface area (Å²) in [5.74, 6) is 3.08. The first-order valence-corrected chi connectivity index (χ1v) is 7.65. The Morgan fingerprint density at radius 2 is 2.13 bits per heavy atom. The van der Waals surface area contributed by atoms with E-state index in [4.69, 9.17) is 23.2 Å². The van der Waals surface area contributed by atoms with Crippen molar-refractivity contribution in [2.24, 2.45) is 5.92 Å². The van der Waals surface area contributed by atoms with E-state index in [2.05, 4.69) is 15.9 Å². The van der Waals surface area contributed by atoms with Crippen LogP contribution in [0.1, 0.15) is 5.56 Å². The van der Waals surface area contributed by atoms with Gasteiger partial charge in [0.05, 0.1) is 0 Å². The fraction of sp³-hybridized carbons (Fsp3) is 0.455. The predicted molar refractivity (Wildman–Crippen MR) is 73.7 cm³/mol. The minimum absolute atomic E-state index is 0.609. The van der Waals surface area contributed by atoms with E-state index in [0.717, 1.165) is 16.5 Å². The number of thioether (sulfide) groups is 1. The van der Waals surface area contributed by atoms with Crippen LogP contribution >= 0.6 is 50.9 Å². The van der Waals surface area contributed by atoms with E-state index in [1.165, 1.54) is 17.1 Å². The van der Waals surface area contributed by atoms with Gasteiger partial charge in [-0.15, -0.1) is 0 Å². The number of hydrogen-bond acceptors (Lipinski definition) is 1. The van der Waals surface area contributed by atoms with Gasteiger partial charge in [-0.2, -0.15) is 11.8 Å². The van der Waals surface area contributed by atoms with Crippen molar-refractivity contribution in [2.45, 2.75) is 11.2 Å². The molecule has 0 spiro atoms. The molecule has 2 atom stereocenters.